The predicted molar refractivity (Wildman–Crippen MR) is 102 cm³/mol. The standard InChI is InChI=1S/C21H29NO3/c1-22(2)15-20(24-4)16-25-21-11-6-5-9-18(21)13-12-17-8-7-10-19(14-17)23-3/h5-11,14,20H,12-13,15-16H2,1-4H3/t20-/m1/s1. The van der Waals surface area contributed by atoms with E-state index >= 15 is 0 Å². The van der Waals surface area contributed by atoms with Gasteiger partial charge in [-0.3, -0.25) is 0 Å². The highest BCUT2D eigenvalue weighted by Crippen LogP contribution is 2.21. The van der Waals surface area contributed by atoms with Crippen LogP contribution in [0.5, 0.6) is 11.5 Å². The van der Waals surface area contributed by atoms with Crippen LogP contribution in [0.25, 0.3) is 0 Å². The molecule has 1 atom stereocenters. The molecule has 0 fully saturated rings. The van der Waals surface area contributed by atoms with Crippen molar-refractivity contribution in [1.82, 2.24) is 4.90 Å². The first-order valence-corrected chi connectivity index (χ1v) is 8.63. The van der Waals surface area contributed by atoms with Gasteiger partial charge in [-0.05, 0) is 56.3 Å². The summed E-state index contributed by atoms with van der Waals surface area (Å²) in [5.41, 5.74) is 2.47. The molecular formula is C21H29NO3. The van der Waals surface area contributed by atoms with Gasteiger partial charge in [0.05, 0.1) is 7.11 Å². The van der Waals surface area contributed by atoms with Crippen molar-refractivity contribution < 1.29 is 14.2 Å². The average molecular weight is 343 g/mol. The van der Waals surface area contributed by atoms with E-state index in [-0.39, 0.29) is 6.10 Å². The SMILES string of the molecule is COc1cccc(CCc2ccccc2OC[C@@H](CN(C)C)OC)c1. The van der Waals surface area contributed by atoms with Crippen LogP contribution in [0.3, 0.4) is 0 Å². The third kappa shape index (κ3) is 6.40. The molecule has 0 aliphatic heterocycles. The van der Waals surface area contributed by atoms with Crippen molar-refractivity contribution in [1.29, 1.82) is 0 Å². The Morgan fingerprint density at radius 3 is 2.48 bits per heavy atom. The predicted octanol–water partition coefficient (Wildman–Crippen LogP) is 3.44. The fraction of sp³-hybridized carbons (Fsp3) is 0.429. The number of rotatable bonds is 10. The zero-order chi connectivity index (χ0) is 18.1. The van der Waals surface area contributed by atoms with Crippen LogP contribution in [0.4, 0.5) is 0 Å². The van der Waals surface area contributed by atoms with Crippen LogP contribution in [-0.2, 0) is 17.6 Å². The summed E-state index contributed by atoms with van der Waals surface area (Å²) in [5.74, 6) is 1.83. The molecular weight excluding hydrogens is 314 g/mol. The van der Waals surface area contributed by atoms with Crippen molar-refractivity contribution in [3.8, 4) is 11.5 Å². The van der Waals surface area contributed by atoms with Gasteiger partial charge in [0.2, 0.25) is 0 Å². The number of nitrogens with zero attached hydrogens (tertiary/aromatic N) is 1. The summed E-state index contributed by atoms with van der Waals surface area (Å²) in [6.07, 6.45) is 1.93. The second-order valence-electron chi connectivity index (χ2n) is 6.39. The van der Waals surface area contributed by atoms with E-state index in [9.17, 15) is 0 Å². The lowest BCUT2D eigenvalue weighted by molar-refractivity contribution is 0.0396. The smallest absolute Gasteiger partial charge is 0.122 e. The second kappa shape index (κ2) is 10.1. The summed E-state index contributed by atoms with van der Waals surface area (Å²) >= 11 is 0. The van der Waals surface area contributed by atoms with Crippen LogP contribution in [-0.4, -0.2) is 52.5 Å². The zero-order valence-electron chi connectivity index (χ0n) is 15.7. The number of ether oxygens (including phenoxy) is 3. The van der Waals surface area contributed by atoms with Gasteiger partial charge >= 0.3 is 0 Å². The molecule has 0 amide bonds. The maximum Gasteiger partial charge on any atom is 0.122 e. The molecule has 0 N–H and O–H groups in total. The van der Waals surface area contributed by atoms with E-state index in [1.54, 1.807) is 14.2 Å². The summed E-state index contributed by atoms with van der Waals surface area (Å²) in [4.78, 5) is 2.10. The maximum atomic E-state index is 6.05. The molecule has 25 heavy (non-hydrogen) atoms. The molecule has 136 valence electrons. The van der Waals surface area contributed by atoms with Gasteiger partial charge in [-0.15, -0.1) is 0 Å². The molecule has 0 aliphatic rings. The zero-order valence-corrected chi connectivity index (χ0v) is 15.7. The third-order valence-electron chi connectivity index (χ3n) is 4.12. The molecule has 4 nitrogen and oxygen atoms in total. The molecule has 4 heteroatoms. The monoisotopic (exact) mass is 343 g/mol. The van der Waals surface area contributed by atoms with Crippen molar-refractivity contribution in [3.63, 3.8) is 0 Å². The van der Waals surface area contributed by atoms with Crippen LogP contribution >= 0.6 is 0 Å². The Morgan fingerprint density at radius 2 is 1.76 bits per heavy atom. The molecule has 2 rings (SSSR count). The molecule has 0 saturated heterocycles. The summed E-state index contributed by atoms with van der Waals surface area (Å²) in [7, 11) is 7.50. The topological polar surface area (TPSA) is 30.9 Å². The van der Waals surface area contributed by atoms with Gasteiger partial charge in [0.25, 0.3) is 0 Å². The Balaban J connectivity index is 1.97. The Kier molecular flexibility index (Phi) is 7.76. The normalized spacial score (nSPS) is 12.2. The van der Waals surface area contributed by atoms with E-state index in [1.165, 1.54) is 11.1 Å². The van der Waals surface area contributed by atoms with Crippen molar-refractivity contribution in [2.24, 2.45) is 0 Å². The Bertz CT molecular complexity index is 643. The summed E-state index contributed by atoms with van der Waals surface area (Å²) in [6, 6.07) is 16.4. The highest BCUT2D eigenvalue weighted by molar-refractivity contribution is 5.35. The van der Waals surface area contributed by atoms with Crippen molar-refractivity contribution in [2.45, 2.75) is 18.9 Å². The van der Waals surface area contributed by atoms with Gasteiger partial charge in [0.15, 0.2) is 0 Å². The minimum Gasteiger partial charge on any atom is -0.497 e. The molecule has 0 unspecified atom stereocenters. The van der Waals surface area contributed by atoms with Crippen LogP contribution in [0.1, 0.15) is 11.1 Å². The second-order valence-corrected chi connectivity index (χ2v) is 6.39. The number of aryl methyl sites for hydroxylation is 2. The summed E-state index contributed by atoms with van der Waals surface area (Å²) in [6.45, 7) is 1.38. The number of methoxy groups -OCH3 is 2. The highest BCUT2D eigenvalue weighted by atomic mass is 16.5. The van der Waals surface area contributed by atoms with E-state index in [1.807, 2.05) is 38.4 Å². The molecule has 2 aromatic carbocycles. The molecule has 0 bridgehead atoms. The van der Waals surface area contributed by atoms with Gasteiger partial charge in [-0.25, -0.2) is 0 Å². The molecule has 0 spiro atoms. The third-order valence-corrected chi connectivity index (χ3v) is 4.12. The Labute approximate surface area is 151 Å². The van der Waals surface area contributed by atoms with Crippen LogP contribution < -0.4 is 9.47 Å². The molecule has 2 aromatic rings. The molecule has 0 saturated carbocycles. The van der Waals surface area contributed by atoms with Crippen molar-refractivity contribution >= 4 is 0 Å². The van der Waals surface area contributed by atoms with E-state index in [4.69, 9.17) is 14.2 Å². The van der Waals surface area contributed by atoms with Gasteiger partial charge < -0.3 is 19.1 Å². The fourth-order valence-corrected chi connectivity index (χ4v) is 2.74. The van der Waals surface area contributed by atoms with E-state index in [0.29, 0.717) is 6.61 Å². The number of benzene rings is 2. The average Bonchev–Trinajstić information content (AvgIpc) is 2.64. The quantitative estimate of drug-likeness (QED) is 0.661. The number of hydrogen-bond donors (Lipinski definition) is 0. The van der Waals surface area contributed by atoms with Gasteiger partial charge in [0.1, 0.15) is 24.2 Å². The van der Waals surface area contributed by atoms with E-state index < -0.39 is 0 Å². The fourth-order valence-electron chi connectivity index (χ4n) is 2.74. The van der Waals surface area contributed by atoms with Crippen LogP contribution in [0.2, 0.25) is 0 Å². The maximum absolute atomic E-state index is 6.05. The molecule has 0 aromatic heterocycles. The van der Waals surface area contributed by atoms with Crippen molar-refractivity contribution in [2.75, 3.05) is 41.5 Å². The first-order chi connectivity index (χ1) is 12.1. The van der Waals surface area contributed by atoms with E-state index in [2.05, 4.69) is 29.2 Å². The lowest BCUT2D eigenvalue weighted by Crippen LogP contribution is -2.32. The van der Waals surface area contributed by atoms with Gasteiger partial charge in [-0.1, -0.05) is 30.3 Å². The number of likely N-dealkylation sites (N-methyl/N-ethyl adjacent to an activating group) is 1. The lowest BCUT2D eigenvalue weighted by atomic mass is 10.0. The minimum absolute atomic E-state index is 0.0569. The lowest BCUT2D eigenvalue weighted by Gasteiger charge is -2.21. The largest absolute Gasteiger partial charge is 0.497 e. The van der Waals surface area contributed by atoms with Crippen molar-refractivity contribution in [3.05, 3.63) is 59.7 Å². The highest BCUT2D eigenvalue weighted by Gasteiger charge is 2.11. The summed E-state index contributed by atoms with van der Waals surface area (Å²) < 4.78 is 16.8. The first-order valence-electron chi connectivity index (χ1n) is 8.63. The molecule has 0 aliphatic carbocycles. The number of para-hydroxylation sites is 1. The molecule has 0 radical (unpaired) electrons. The Morgan fingerprint density at radius 1 is 0.960 bits per heavy atom. The molecule has 0 heterocycles. The van der Waals surface area contributed by atoms with Gasteiger partial charge in [-0.2, -0.15) is 0 Å². The number of hydrogen-bond acceptors (Lipinski definition) is 4. The van der Waals surface area contributed by atoms with Crippen LogP contribution in [0, 0.1) is 0 Å². The van der Waals surface area contributed by atoms with Crippen LogP contribution in [0.15, 0.2) is 48.5 Å². The minimum atomic E-state index is 0.0569. The van der Waals surface area contributed by atoms with Gasteiger partial charge in [0, 0.05) is 13.7 Å². The first kappa shape index (κ1) is 19.3. The van der Waals surface area contributed by atoms with E-state index in [0.717, 1.165) is 30.9 Å². The Hall–Kier alpha value is -2.04. The summed E-state index contributed by atoms with van der Waals surface area (Å²) in [5, 5.41) is 0.